The first kappa shape index (κ1) is 13.5. The van der Waals surface area contributed by atoms with Crippen molar-refractivity contribution in [2.75, 3.05) is 7.05 Å². The van der Waals surface area contributed by atoms with E-state index in [4.69, 9.17) is 10.8 Å². The Morgan fingerprint density at radius 2 is 1.67 bits per heavy atom. The predicted octanol–water partition coefficient (Wildman–Crippen LogP) is 2.45. The molecule has 3 nitrogen and oxygen atoms in total. The summed E-state index contributed by atoms with van der Waals surface area (Å²) in [4.78, 5) is 0. The maximum atomic E-state index is 7.71. The average Bonchev–Trinajstić information content (AvgIpc) is 2.32. The first-order chi connectivity index (χ1) is 7.25. The maximum Gasteiger partial charge on any atom is 0.0819 e. The van der Waals surface area contributed by atoms with Crippen LogP contribution in [-0.2, 0) is 0 Å². The van der Waals surface area contributed by atoms with Crippen molar-refractivity contribution in [1.82, 2.24) is 0 Å². The summed E-state index contributed by atoms with van der Waals surface area (Å²) in [6, 6.07) is 9.44. The summed E-state index contributed by atoms with van der Waals surface area (Å²) in [7, 11) is 1.50. The lowest BCUT2D eigenvalue weighted by Gasteiger charge is -2.03. The van der Waals surface area contributed by atoms with Crippen molar-refractivity contribution in [3.63, 3.8) is 0 Å². The molecule has 0 aliphatic carbocycles. The molecule has 0 saturated heterocycles. The minimum atomic E-state index is 0.349. The molecule has 0 spiro atoms. The quantitative estimate of drug-likeness (QED) is 0.649. The van der Waals surface area contributed by atoms with Gasteiger partial charge in [0.25, 0.3) is 0 Å². The molecular weight excluding hydrogens is 186 g/mol. The second-order valence-corrected chi connectivity index (χ2v) is 2.97. The zero-order chi connectivity index (χ0) is 11.7. The van der Waals surface area contributed by atoms with E-state index in [-0.39, 0.29) is 0 Å². The van der Waals surface area contributed by atoms with E-state index in [2.05, 4.69) is 5.73 Å². The SMILES string of the molecule is CCCC(=N)C(=N)c1ccccc1.CN. The summed E-state index contributed by atoms with van der Waals surface area (Å²) in [6.07, 6.45) is 1.61. The fourth-order valence-corrected chi connectivity index (χ4v) is 1.15. The first-order valence-corrected chi connectivity index (χ1v) is 5.05. The van der Waals surface area contributed by atoms with Crippen molar-refractivity contribution in [1.29, 1.82) is 10.8 Å². The zero-order valence-electron chi connectivity index (χ0n) is 9.38. The maximum absolute atomic E-state index is 7.71. The summed E-state index contributed by atoms with van der Waals surface area (Å²) < 4.78 is 0. The Morgan fingerprint density at radius 1 is 1.13 bits per heavy atom. The monoisotopic (exact) mass is 205 g/mol. The van der Waals surface area contributed by atoms with Crippen LogP contribution >= 0.6 is 0 Å². The fraction of sp³-hybridized carbons (Fsp3) is 0.333. The topological polar surface area (TPSA) is 73.7 Å². The second kappa shape index (κ2) is 7.88. The number of nitrogens with two attached hydrogens (primary N) is 1. The standard InChI is InChI=1S/C11H14N2.CH5N/c1-2-6-10(12)11(13)9-7-4-3-5-8-9;1-2/h3-5,7-8,12-13H,2,6H2,1H3;2H2,1H3. The summed E-state index contributed by atoms with van der Waals surface area (Å²) in [5.41, 5.74) is 6.11. The molecule has 82 valence electrons. The van der Waals surface area contributed by atoms with Gasteiger partial charge in [0.15, 0.2) is 0 Å². The Balaban J connectivity index is 0.000000921. The lowest BCUT2D eigenvalue weighted by molar-refractivity contribution is 0.993. The van der Waals surface area contributed by atoms with Crippen LogP contribution in [0.4, 0.5) is 0 Å². The summed E-state index contributed by atoms with van der Waals surface area (Å²) in [6.45, 7) is 2.02. The predicted molar refractivity (Wildman–Crippen MR) is 66.0 cm³/mol. The van der Waals surface area contributed by atoms with E-state index >= 15 is 0 Å². The van der Waals surface area contributed by atoms with Gasteiger partial charge in [-0.1, -0.05) is 43.7 Å². The van der Waals surface area contributed by atoms with Crippen LogP contribution in [0.5, 0.6) is 0 Å². The molecule has 1 aromatic rings. The highest BCUT2D eigenvalue weighted by Gasteiger charge is 2.05. The van der Waals surface area contributed by atoms with Gasteiger partial charge in [-0.05, 0) is 13.5 Å². The highest BCUT2D eigenvalue weighted by molar-refractivity contribution is 6.46. The molecule has 0 fully saturated rings. The summed E-state index contributed by atoms with van der Waals surface area (Å²) in [5.74, 6) is 0. The van der Waals surface area contributed by atoms with Crippen LogP contribution in [-0.4, -0.2) is 18.5 Å². The van der Waals surface area contributed by atoms with Crippen LogP contribution in [0, 0.1) is 10.8 Å². The number of rotatable bonds is 4. The van der Waals surface area contributed by atoms with E-state index in [1.165, 1.54) is 7.05 Å². The minimum absolute atomic E-state index is 0.349. The van der Waals surface area contributed by atoms with Crippen molar-refractivity contribution >= 4 is 11.4 Å². The van der Waals surface area contributed by atoms with Crippen molar-refractivity contribution in [3.05, 3.63) is 35.9 Å². The third-order valence-corrected chi connectivity index (χ3v) is 1.86. The van der Waals surface area contributed by atoms with E-state index in [9.17, 15) is 0 Å². The van der Waals surface area contributed by atoms with Crippen molar-refractivity contribution in [2.45, 2.75) is 19.8 Å². The fourth-order valence-electron chi connectivity index (χ4n) is 1.15. The van der Waals surface area contributed by atoms with Gasteiger partial charge in [-0.15, -0.1) is 0 Å². The minimum Gasteiger partial charge on any atom is -0.333 e. The molecule has 0 aliphatic rings. The van der Waals surface area contributed by atoms with Crippen molar-refractivity contribution < 1.29 is 0 Å². The van der Waals surface area contributed by atoms with Crippen molar-refractivity contribution in [3.8, 4) is 0 Å². The molecule has 0 radical (unpaired) electrons. The van der Waals surface area contributed by atoms with E-state index < -0.39 is 0 Å². The molecule has 3 heteroatoms. The molecule has 0 bridgehead atoms. The van der Waals surface area contributed by atoms with Gasteiger partial charge in [0.05, 0.1) is 11.4 Å². The highest BCUT2D eigenvalue weighted by Crippen LogP contribution is 2.03. The number of hydrogen-bond donors (Lipinski definition) is 3. The molecule has 0 amide bonds. The molecular formula is C12H19N3. The summed E-state index contributed by atoms with van der Waals surface area (Å²) >= 11 is 0. The lowest BCUT2D eigenvalue weighted by Crippen LogP contribution is -2.12. The molecule has 15 heavy (non-hydrogen) atoms. The highest BCUT2D eigenvalue weighted by atomic mass is 14.5. The lowest BCUT2D eigenvalue weighted by atomic mass is 10.0. The van der Waals surface area contributed by atoms with E-state index in [1.54, 1.807) is 0 Å². The van der Waals surface area contributed by atoms with E-state index in [0.717, 1.165) is 12.0 Å². The first-order valence-electron chi connectivity index (χ1n) is 5.05. The van der Waals surface area contributed by atoms with E-state index in [0.29, 0.717) is 17.8 Å². The molecule has 0 saturated carbocycles. The van der Waals surface area contributed by atoms with Crippen LogP contribution in [0.2, 0.25) is 0 Å². The smallest absolute Gasteiger partial charge is 0.0819 e. The van der Waals surface area contributed by atoms with Gasteiger partial charge in [-0.2, -0.15) is 0 Å². The van der Waals surface area contributed by atoms with Crippen LogP contribution in [0.3, 0.4) is 0 Å². The van der Waals surface area contributed by atoms with Crippen LogP contribution in [0.15, 0.2) is 30.3 Å². The third kappa shape index (κ3) is 4.51. The Bertz CT molecular complexity index is 304. The molecule has 0 aromatic heterocycles. The zero-order valence-corrected chi connectivity index (χ0v) is 9.38. The summed E-state index contributed by atoms with van der Waals surface area (Å²) in [5, 5.41) is 15.3. The number of nitrogens with one attached hydrogen (secondary N) is 2. The Morgan fingerprint density at radius 3 is 2.13 bits per heavy atom. The Labute approximate surface area is 91.3 Å². The van der Waals surface area contributed by atoms with Crippen LogP contribution in [0.25, 0.3) is 0 Å². The Hall–Kier alpha value is -1.48. The van der Waals surface area contributed by atoms with E-state index in [1.807, 2.05) is 37.3 Å². The second-order valence-electron chi connectivity index (χ2n) is 2.97. The average molecular weight is 205 g/mol. The van der Waals surface area contributed by atoms with Gasteiger partial charge in [-0.3, -0.25) is 5.41 Å². The third-order valence-electron chi connectivity index (χ3n) is 1.86. The van der Waals surface area contributed by atoms with Gasteiger partial charge in [0.2, 0.25) is 0 Å². The van der Waals surface area contributed by atoms with Gasteiger partial charge >= 0.3 is 0 Å². The number of benzene rings is 1. The molecule has 1 aromatic carbocycles. The van der Waals surface area contributed by atoms with Gasteiger partial charge in [-0.25, -0.2) is 0 Å². The molecule has 0 unspecified atom stereocenters. The van der Waals surface area contributed by atoms with Crippen LogP contribution < -0.4 is 5.73 Å². The number of hydrogen-bond acceptors (Lipinski definition) is 3. The van der Waals surface area contributed by atoms with Crippen molar-refractivity contribution in [2.24, 2.45) is 5.73 Å². The van der Waals surface area contributed by atoms with Gasteiger partial charge in [0, 0.05) is 5.56 Å². The molecule has 4 N–H and O–H groups in total. The Kier molecular flexibility index (Phi) is 7.10. The molecule has 0 atom stereocenters. The largest absolute Gasteiger partial charge is 0.333 e. The molecule has 0 aliphatic heterocycles. The van der Waals surface area contributed by atoms with Gasteiger partial charge < -0.3 is 11.1 Å². The molecule has 1 rings (SSSR count). The normalized spacial score (nSPS) is 8.73. The van der Waals surface area contributed by atoms with Gasteiger partial charge in [0.1, 0.15) is 0 Å². The molecule has 0 heterocycles. The van der Waals surface area contributed by atoms with Crippen LogP contribution in [0.1, 0.15) is 25.3 Å².